The Morgan fingerprint density at radius 3 is 0.929 bits per heavy atom. The molecule has 0 rings (SSSR count). The average Bonchev–Trinajstić information content (AvgIpc) is 2.71. The zero-order chi connectivity index (χ0) is 20.9. The minimum absolute atomic E-state index is 0.549. The standard InChI is InChI=1S/C14H30S14/c15-1-5-20-12(21-6-2-16)25-10-27-14(24-9-19)28-11-26-13(22-7-3-17)23-8-4-18/h12-19H,1-11H2. The molecule has 0 unspecified atom stereocenters. The van der Waals surface area contributed by atoms with Gasteiger partial charge in [0.05, 0.1) is 11.7 Å². The van der Waals surface area contributed by atoms with Gasteiger partial charge in [-0.3, -0.25) is 0 Å². The lowest BCUT2D eigenvalue weighted by Crippen LogP contribution is -2.00. The van der Waals surface area contributed by atoms with Crippen LogP contribution in [-0.4, -0.2) is 73.0 Å². The third-order valence-corrected chi connectivity index (χ3v) is 18.8. The van der Waals surface area contributed by atoms with E-state index in [-0.39, 0.29) is 0 Å². The molecule has 0 heterocycles. The van der Waals surface area contributed by atoms with Gasteiger partial charge in [-0.25, -0.2) is 0 Å². The lowest BCUT2D eigenvalue weighted by atomic mass is 11.0. The monoisotopic (exact) mass is 646 g/mol. The SMILES string of the molecule is SCCSC(SCCS)SCSC(SCS)SCSC(SCCS)SCCS. The molecular formula is C14H30S14. The number of rotatable bonds is 22. The van der Waals surface area contributed by atoms with Crippen LogP contribution >= 0.6 is 169 Å². The molecule has 0 atom stereocenters. The van der Waals surface area contributed by atoms with Crippen LogP contribution in [-0.2, 0) is 0 Å². The summed E-state index contributed by atoms with van der Waals surface area (Å²) < 4.78 is 1.73. The van der Waals surface area contributed by atoms with Gasteiger partial charge in [0.25, 0.3) is 0 Å². The minimum atomic E-state index is 0.549. The highest BCUT2D eigenvalue weighted by Gasteiger charge is 2.16. The molecular weight excluding hydrogens is 617 g/mol. The molecule has 0 aliphatic carbocycles. The molecule has 0 spiro atoms. The summed E-state index contributed by atoms with van der Waals surface area (Å²) in [6.07, 6.45) is 0. The van der Waals surface area contributed by atoms with Crippen molar-refractivity contribution in [2.45, 2.75) is 11.7 Å². The third kappa shape index (κ3) is 21.4. The van der Waals surface area contributed by atoms with Crippen molar-refractivity contribution in [2.24, 2.45) is 0 Å². The summed E-state index contributed by atoms with van der Waals surface area (Å²) in [5, 5.41) is 3.12. The summed E-state index contributed by atoms with van der Waals surface area (Å²) in [6.45, 7) is 0. The zero-order valence-corrected chi connectivity index (χ0v) is 27.2. The molecule has 0 fully saturated rings. The lowest BCUT2D eigenvalue weighted by molar-refractivity contribution is 1.55. The normalized spacial score (nSPS) is 12.0. The van der Waals surface area contributed by atoms with E-state index in [1.165, 1.54) is 0 Å². The minimum Gasteiger partial charge on any atom is -0.179 e. The summed E-state index contributed by atoms with van der Waals surface area (Å²) in [5.41, 5.74) is 0. The van der Waals surface area contributed by atoms with E-state index >= 15 is 0 Å². The molecule has 0 aliphatic heterocycles. The first-order valence-electron chi connectivity index (χ1n) is 8.30. The predicted octanol–water partition coefficient (Wildman–Crippen LogP) is 7.96. The van der Waals surface area contributed by atoms with Gasteiger partial charge in [-0.2, -0.15) is 63.1 Å². The van der Waals surface area contributed by atoms with Gasteiger partial charge >= 0.3 is 0 Å². The second-order valence-electron chi connectivity index (χ2n) is 4.44. The third-order valence-electron chi connectivity index (χ3n) is 2.41. The van der Waals surface area contributed by atoms with Crippen molar-refractivity contribution in [3.05, 3.63) is 0 Å². The van der Waals surface area contributed by atoms with Crippen LogP contribution in [0, 0.1) is 0 Å². The largest absolute Gasteiger partial charge is 0.179 e. The highest BCUT2D eigenvalue weighted by Crippen LogP contribution is 2.44. The highest BCUT2D eigenvalue weighted by atomic mass is 32.3. The molecule has 0 amide bonds. The number of hydrogen-bond acceptors (Lipinski definition) is 14. The molecule has 14 heteroatoms. The van der Waals surface area contributed by atoms with Crippen molar-refractivity contribution in [3.63, 3.8) is 0 Å². The Labute approximate surface area is 238 Å². The topological polar surface area (TPSA) is 0 Å². The number of hydrogen-bond donors (Lipinski definition) is 5. The van der Waals surface area contributed by atoms with Crippen molar-refractivity contribution in [1.29, 1.82) is 0 Å². The van der Waals surface area contributed by atoms with E-state index in [0.29, 0.717) is 11.7 Å². The molecule has 0 nitrogen and oxygen atoms in total. The predicted molar refractivity (Wildman–Crippen MR) is 178 cm³/mol. The molecule has 0 aromatic rings. The van der Waals surface area contributed by atoms with Crippen LogP contribution in [0.2, 0.25) is 0 Å². The van der Waals surface area contributed by atoms with Crippen molar-refractivity contribution < 1.29 is 0 Å². The maximum atomic E-state index is 4.44. The smallest absolute Gasteiger partial charge is 0.0980 e. The van der Waals surface area contributed by atoms with E-state index in [1.54, 1.807) is 0 Å². The molecule has 0 N–H and O–H groups in total. The quantitative estimate of drug-likeness (QED) is 0.0582. The van der Waals surface area contributed by atoms with E-state index in [9.17, 15) is 0 Å². The molecule has 0 radical (unpaired) electrons. The maximum absolute atomic E-state index is 4.44. The van der Waals surface area contributed by atoms with E-state index in [4.69, 9.17) is 0 Å². The summed E-state index contributed by atoms with van der Waals surface area (Å²) in [6, 6.07) is 0. The highest BCUT2D eigenvalue weighted by molar-refractivity contribution is 8.42. The molecule has 0 aromatic heterocycles. The van der Waals surface area contributed by atoms with Gasteiger partial charge in [0.1, 0.15) is 0 Å². The Morgan fingerprint density at radius 1 is 0.393 bits per heavy atom. The fraction of sp³-hybridized carbons (Fsp3) is 1.00. The van der Waals surface area contributed by atoms with Crippen LogP contribution in [0.25, 0.3) is 0 Å². The first-order chi connectivity index (χ1) is 13.7. The Bertz CT molecular complexity index is 268. The molecule has 0 aromatic carbocycles. The molecule has 0 bridgehead atoms. The van der Waals surface area contributed by atoms with Crippen LogP contribution in [0.15, 0.2) is 0 Å². The Kier molecular flexibility index (Phi) is 31.1. The van der Waals surface area contributed by atoms with Gasteiger partial charge in [-0.15, -0.1) is 106 Å². The van der Waals surface area contributed by atoms with Crippen LogP contribution < -0.4 is 0 Å². The molecule has 0 saturated heterocycles. The van der Waals surface area contributed by atoms with Gasteiger partial charge < -0.3 is 0 Å². The molecule has 0 saturated carbocycles. The summed E-state index contributed by atoms with van der Waals surface area (Å²) in [4.78, 5) is 0. The first kappa shape index (κ1) is 32.9. The van der Waals surface area contributed by atoms with E-state index < -0.39 is 0 Å². The van der Waals surface area contributed by atoms with Crippen molar-refractivity contribution in [2.75, 3.05) is 61.3 Å². The fourth-order valence-corrected chi connectivity index (χ4v) is 17.6. The van der Waals surface area contributed by atoms with Gasteiger partial charge in [0.2, 0.25) is 0 Å². The maximum Gasteiger partial charge on any atom is 0.0980 e. The fourth-order valence-electron chi connectivity index (χ4n) is 1.39. The van der Waals surface area contributed by atoms with Crippen LogP contribution in [0.3, 0.4) is 0 Å². The van der Waals surface area contributed by atoms with E-state index in [1.807, 2.05) is 58.8 Å². The van der Waals surface area contributed by atoms with Gasteiger partial charge in [0, 0.05) is 38.3 Å². The summed E-state index contributed by atoms with van der Waals surface area (Å²) >= 11 is 40.0. The van der Waals surface area contributed by atoms with Crippen LogP contribution in [0.1, 0.15) is 0 Å². The second kappa shape index (κ2) is 26.5. The number of thioether (sulfide) groups is 9. The van der Waals surface area contributed by atoms with Crippen molar-refractivity contribution >= 4 is 169 Å². The zero-order valence-electron chi connectivity index (χ0n) is 15.4. The van der Waals surface area contributed by atoms with Crippen molar-refractivity contribution in [3.8, 4) is 0 Å². The lowest BCUT2D eigenvalue weighted by Gasteiger charge is -2.19. The Balaban J connectivity index is 4.22. The van der Waals surface area contributed by atoms with Crippen molar-refractivity contribution in [1.82, 2.24) is 0 Å². The summed E-state index contributed by atoms with van der Waals surface area (Å²) in [5.74, 6) is 8.22. The van der Waals surface area contributed by atoms with E-state index in [2.05, 4.69) is 110 Å². The van der Waals surface area contributed by atoms with E-state index in [0.717, 1.165) is 61.3 Å². The first-order valence-corrected chi connectivity index (χ1v) is 20.9. The Morgan fingerprint density at radius 2 is 0.679 bits per heavy atom. The average molecular weight is 647 g/mol. The van der Waals surface area contributed by atoms with Crippen LogP contribution in [0.5, 0.6) is 0 Å². The molecule has 28 heavy (non-hydrogen) atoms. The Hall–Kier alpha value is 4.90. The van der Waals surface area contributed by atoms with Gasteiger partial charge in [-0.05, 0) is 23.0 Å². The van der Waals surface area contributed by atoms with Gasteiger partial charge in [-0.1, -0.05) is 0 Å². The molecule has 0 aliphatic rings. The van der Waals surface area contributed by atoms with Crippen LogP contribution in [0.4, 0.5) is 0 Å². The second-order valence-corrected chi connectivity index (χ2v) is 20.7. The number of thiol groups is 5. The van der Waals surface area contributed by atoms with Gasteiger partial charge in [0.15, 0.2) is 0 Å². The molecule has 170 valence electrons. The summed E-state index contributed by atoms with van der Waals surface area (Å²) in [7, 11) is 0.